The molecule has 0 aliphatic carbocycles. The zero-order valence-electron chi connectivity index (χ0n) is 8.81. The van der Waals surface area contributed by atoms with Crippen LogP contribution >= 0.6 is 0 Å². The molecule has 15 heavy (non-hydrogen) atoms. The van der Waals surface area contributed by atoms with Gasteiger partial charge in [-0.15, -0.1) is 0 Å². The van der Waals surface area contributed by atoms with Crippen LogP contribution in [-0.2, 0) is 0 Å². The van der Waals surface area contributed by atoms with Crippen LogP contribution < -0.4 is 0 Å². The average molecular weight is 204 g/mol. The molecule has 0 spiro atoms. The molecule has 0 aliphatic heterocycles. The molecule has 2 nitrogen and oxygen atoms in total. The fourth-order valence-electron chi connectivity index (χ4n) is 1.54. The Hall–Kier alpha value is -1.64. The summed E-state index contributed by atoms with van der Waals surface area (Å²) in [4.78, 5) is 0. The summed E-state index contributed by atoms with van der Waals surface area (Å²) in [7, 11) is 0. The Morgan fingerprint density at radius 3 is 2.73 bits per heavy atom. The van der Waals surface area contributed by atoms with Crippen molar-refractivity contribution in [3.63, 3.8) is 0 Å². The Morgan fingerprint density at radius 1 is 1.33 bits per heavy atom. The summed E-state index contributed by atoms with van der Waals surface area (Å²) >= 11 is 0. The average Bonchev–Trinajstić information content (AvgIpc) is 2.71. The molecule has 0 saturated heterocycles. The molecular formula is C12H13FN2. The molecule has 1 aromatic carbocycles. The Bertz CT molecular complexity index is 447. The highest BCUT2D eigenvalue weighted by molar-refractivity contribution is 5.37. The van der Waals surface area contributed by atoms with Crippen LogP contribution in [0, 0.1) is 5.82 Å². The first-order valence-corrected chi connectivity index (χ1v) is 4.98. The summed E-state index contributed by atoms with van der Waals surface area (Å²) in [5.74, 6) is 0.0291. The van der Waals surface area contributed by atoms with Crippen molar-refractivity contribution in [1.29, 1.82) is 0 Å². The van der Waals surface area contributed by atoms with Gasteiger partial charge in [0.2, 0.25) is 0 Å². The van der Waals surface area contributed by atoms with Crippen molar-refractivity contribution in [2.45, 2.75) is 19.8 Å². The molecule has 0 N–H and O–H groups in total. The molecule has 2 rings (SSSR count). The minimum Gasteiger partial charge on any atom is -0.241 e. The fourth-order valence-corrected chi connectivity index (χ4v) is 1.54. The van der Waals surface area contributed by atoms with Gasteiger partial charge in [-0.1, -0.05) is 13.8 Å². The van der Waals surface area contributed by atoms with Gasteiger partial charge in [-0.3, -0.25) is 0 Å². The topological polar surface area (TPSA) is 17.8 Å². The van der Waals surface area contributed by atoms with Crippen LogP contribution in [0.15, 0.2) is 36.7 Å². The summed E-state index contributed by atoms with van der Waals surface area (Å²) in [6, 6.07) is 6.91. The first kappa shape index (κ1) is 9.90. The van der Waals surface area contributed by atoms with Gasteiger partial charge >= 0.3 is 0 Å². The van der Waals surface area contributed by atoms with Crippen LogP contribution in [-0.4, -0.2) is 9.78 Å². The number of aromatic nitrogens is 2. The Morgan fingerprint density at radius 2 is 2.13 bits per heavy atom. The lowest BCUT2D eigenvalue weighted by Gasteiger charge is -2.09. The maximum atomic E-state index is 13.4. The van der Waals surface area contributed by atoms with Crippen LogP contribution in [0.5, 0.6) is 0 Å². The van der Waals surface area contributed by atoms with E-state index < -0.39 is 0 Å². The third kappa shape index (κ3) is 1.91. The van der Waals surface area contributed by atoms with Gasteiger partial charge in [0.25, 0.3) is 0 Å². The molecular weight excluding hydrogens is 191 g/mol. The number of benzene rings is 1. The van der Waals surface area contributed by atoms with Crippen molar-refractivity contribution in [3.8, 4) is 5.69 Å². The van der Waals surface area contributed by atoms with Crippen LogP contribution in [0.4, 0.5) is 4.39 Å². The van der Waals surface area contributed by atoms with Gasteiger partial charge in [-0.05, 0) is 35.7 Å². The van der Waals surface area contributed by atoms with Crippen molar-refractivity contribution in [2.75, 3.05) is 0 Å². The highest BCUT2D eigenvalue weighted by Crippen LogP contribution is 2.21. The Labute approximate surface area is 88.4 Å². The van der Waals surface area contributed by atoms with E-state index in [1.165, 1.54) is 6.07 Å². The number of hydrogen-bond donors (Lipinski definition) is 0. The maximum Gasteiger partial charge on any atom is 0.126 e. The van der Waals surface area contributed by atoms with E-state index in [0.29, 0.717) is 0 Å². The van der Waals surface area contributed by atoms with E-state index in [1.54, 1.807) is 16.9 Å². The van der Waals surface area contributed by atoms with E-state index in [2.05, 4.69) is 5.10 Å². The van der Waals surface area contributed by atoms with Gasteiger partial charge in [0, 0.05) is 12.4 Å². The zero-order chi connectivity index (χ0) is 10.8. The van der Waals surface area contributed by atoms with E-state index in [-0.39, 0.29) is 11.7 Å². The van der Waals surface area contributed by atoms with Crippen LogP contribution in [0.3, 0.4) is 0 Å². The predicted molar refractivity (Wildman–Crippen MR) is 57.6 cm³/mol. The van der Waals surface area contributed by atoms with Gasteiger partial charge in [0.1, 0.15) is 5.82 Å². The number of halogens is 1. The fraction of sp³-hybridized carbons (Fsp3) is 0.250. The Balaban J connectivity index is 2.48. The molecule has 0 amide bonds. The number of rotatable bonds is 2. The van der Waals surface area contributed by atoms with E-state index in [1.807, 2.05) is 32.2 Å². The van der Waals surface area contributed by atoms with E-state index >= 15 is 0 Å². The highest BCUT2D eigenvalue weighted by Gasteiger charge is 2.08. The molecule has 0 atom stereocenters. The first-order chi connectivity index (χ1) is 7.18. The maximum absolute atomic E-state index is 13.4. The van der Waals surface area contributed by atoms with Gasteiger partial charge in [-0.25, -0.2) is 9.07 Å². The van der Waals surface area contributed by atoms with E-state index in [9.17, 15) is 4.39 Å². The summed E-state index contributed by atoms with van der Waals surface area (Å²) in [6.07, 6.45) is 3.55. The molecule has 0 saturated carbocycles. The third-order valence-corrected chi connectivity index (χ3v) is 2.37. The quantitative estimate of drug-likeness (QED) is 0.734. The molecule has 2 aromatic rings. The number of hydrogen-bond acceptors (Lipinski definition) is 1. The molecule has 1 aromatic heterocycles. The third-order valence-electron chi connectivity index (χ3n) is 2.37. The predicted octanol–water partition coefficient (Wildman–Crippen LogP) is 3.13. The van der Waals surface area contributed by atoms with Crippen LogP contribution in [0.2, 0.25) is 0 Å². The standard InChI is InChI=1S/C12H13FN2/c1-9(2)11-8-10(4-5-12(11)13)15-7-3-6-14-15/h3-9H,1-2H3. The summed E-state index contributed by atoms with van der Waals surface area (Å²) in [5.41, 5.74) is 1.62. The lowest BCUT2D eigenvalue weighted by molar-refractivity contribution is 0.597. The first-order valence-electron chi connectivity index (χ1n) is 4.98. The molecule has 0 unspecified atom stereocenters. The van der Waals surface area contributed by atoms with Gasteiger partial charge in [0.15, 0.2) is 0 Å². The van der Waals surface area contributed by atoms with Crippen molar-refractivity contribution >= 4 is 0 Å². The second-order valence-electron chi connectivity index (χ2n) is 3.81. The van der Waals surface area contributed by atoms with Crippen LogP contribution in [0.1, 0.15) is 25.3 Å². The molecule has 78 valence electrons. The second kappa shape index (κ2) is 3.85. The number of nitrogens with zero attached hydrogens (tertiary/aromatic N) is 2. The van der Waals surface area contributed by atoms with E-state index in [0.717, 1.165) is 11.3 Å². The lowest BCUT2D eigenvalue weighted by Crippen LogP contribution is -1.99. The zero-order valence-corrected chi connectivity index (χ0v) is 8.81. The largest absolute Gasteiger partial charge is 0.241 e. The van der Waals surface area contributed by atoms with Gasteiger partial charge < -0.3 is 0 Å². The van der Waals surface area contributed by atoms with Crippen LogP contribution in [0.25, 0.3) is 5.69 Å². The summed E-state index contributed by atoms with van der Waals surface area (Å²) < 4.78 is 15.2. The minimum atomic E-state index is -0.152. The molecule has 0 bridgehead atoms. The second-order valence-corrected chi connectivity index (χ2v) is 3.81. The van der Waals surface area contributed by atoms with Gasteiger partial charge in [-0.2, -0.15) is 5.10 Å². The summed E-state index contributed by atoms with van der Waals surface area (Å²) in [6.45, 7) is 3.95. The lowest BCUT2D eigenvalue weighted by atomic mass is 10.0. The smallest absolute Gasteiger partial charge is 0.126 e. The minimum absolute atomic E-state index is 0.152. The van der Waals surface area contributed by atoms with Crippen molar-refractivity contribution in [1.82, 2.24) is 9.78 Å². The molecule has 0 fully saturated rings. The normalized spacial score (nSPS) is 10.9. The summed E-state index contributed by atoms with van der Waals surface area (Å²) in [5, 5.41) is 4.11. The molecule has 0 radical (unpaired) electrons. The SMILES string of the molecule is CC(C)c1cc(-n2cccn2)ccc1F. The molecule has 1 heterocycles. The highest BCUT2D eigenvalue weighted by atomic mass is 19.1. The van der Waals surface area contributed by atoms with Crippen molar-refractivity contribution < 1.29 is 4.39 Å². The Kier molecular flexibility index (Phi) is 2.54. The van der Waals surface area contributed by atoms with E-state index in [4.69, 9.17) is 0 Å². The molecule has 0 aliphatic rings. The molecule has 3 heteroatoms. The monoisotopic (exact) mass is 204 g/mol. The van der Waals surface area contributed by atoms with Crippen molar-refractivity contribution in [2.24, 2.45) is 0 Å². The van der Waals surface area contributed by atoms with Gasteiger partial charge in [0.05, 0.1) is 5.69 Å². The van der Waals surface area contributed by atoms with Crippen molar-refractivity contribution in [3.05, 3.63) is 48.0 Å².